The first kappa shape index (κ1) is 18.9. The van der Waals surface area contributed by atoms with E-state index in [1.807, 2.05) is 23.1 Å². The number of hydrogen-bond donors (Lipinski definition) is 2. The zero-order valence-electron chi connectivity index (χ0n) is 15.5. The fraction of sp³-hybridized carbons (Fsp3) is 0.333. The molecule has 0 atom stereocenters. The maximum Gasteiger partial charge on any atom is 0.246 e. The lowest BCUT2D eigenvalue weighted by atomic mass is 10.0. The molecule has 0 aliphatic carbocycles. The minimum absolute atomic E-state index is 0.0311. The Bertz CT molecular complexity index is 804. The van der Waals surface area contributed by atoms with E-state index in [0.29, 0.717) is 12.5 Å². The summed E-state index contributed by atoms with van der Waals surface area (Å²) in [5, 5.41) is 6.26. The summed E-state index contributed by atoms with van der Waals surface area (Å²) in [6.07, 6.45) is 2.74. The molecule has 1 aliphatic rings. The van der Waals surface area contributed by atoms with E-state index in [1.165, 1.54) is 17.7 Å². The van der Waals surface area contributed by atoms with E-state index in [1.54, 1.807) is 19.2 Å². The molecule has 0 spiro atoms. The molecule has 0 aromatic heterocycles. The van der Waals surface area contributed by atoms with Gasteiger partial charge in [0, 0.05) is 25.8 Å². The van der Waals surface area contributed by atoms with Crippen LogP contribution in [0.3, 0.4) is 0 Å². The third kappa shape index (κ3) is 5.06. The highest BCUT2D eigenvalue weighted by atomic mass is 19.1. The van der Waals surface area contributed by atoms with Crippen molar-refractivity contribution in [3.8, 4) is 0 Å². The van der Waals surface area contributed by atoms with Crippen LogP contribution in [0.25, 0.3) is 0 Å². The van der Waals surface area contributed by atoms with Crippen LogP contribution >= 0.6 is 0 Å². The van der Waals surface area contributed by atoms with Gasteiger partial charge in [0.2, 0.25) is 5.91 Å². The number of nitrogens with zero attached hydrogens (tertiary/aromatic N) is 2. The van der Waals surface area contributed by atoms with Crippen molar-refractivity contribution in [3.05, 3.63) is 65.5 Å². The Labute approximate surface area is 159 Å². The molecular weight excluding hydrogens is 343 g/mol. The van der Waals surface area contributed by atoms with E-state index >= 15 is 0 Å². The van der Waals surface area contributed by atoms with Gasteiger partial charge in [0.05, 0.1) is 6.54 Å². The summed E-state index contributed by atoms with van der Waals surface area (Å²) in [7, 11) is 1.67. The van der Waals surface area contributed by atoms with E-state index in [-0.39, 0.29) is 18.3 Å². The Kier molecular flexibility index (Phi) is 6.41. The summed E-state index contributed by atoms with van der Waals surface area (Å²) in [6.45, 7) is 1.57. The number of carbonyl (C=O) groups is 1. The zero-order valence-corrected chi connectivity index (χ0v) is 15.5. The molecule has 0 bridgehead atoms. The van der Waals surface area contributed by atoms with Crippen LogP contribution < -0.4 is 15.5 Å². The first-order valence-electron chi connectivity index (χ1n) is 9.24. The van der Waals surface area contributed by atoms with Gasteiger partial charge in [-0.25, -0.2) is 4.39 Å². The minimum atomic E-state index is -0.234. The van der Waals surface area contributed by atoms with Crippen molar-refractivity contribution < 1.29 is 9.18 Å². The fourth-order valence-corrected chi connectivity index (χ4v) is 3.24. The van der Waals surface area contributed by atoms with E-state index < -0.39 is 0 Å². The highest BCUT2D eigenvalue weighted by Crippen LogP contribution is 2.26. The second kappa shape index (κ2) is 9.16. The summed E-state index contributed by atoms with van der Waals surface area (Å²) >= 11 is 0. The quantitative estimate of drug-likeness (QED) is 0.630. The standard InChI is InChI=1S/C21H25FN4O/c1-23-21(24-13-12-16-8-10-18(22)11-9-16)25-15-20(27)26-14-4-6-17-5-2-3-7-19(17)26/h2-3,5,7-11H,4,6,12-15H2,1H3,(H2,23,24,25). The van der Waals surface area contributed by atoms with Gasteiger partial charge in [0.1, 0.15) is 5.82 Å². The largest absolute Gasteiger partial charge is 0.356 e. The number of nitrogens with one attached hydrogen (secondary N) is 2. The van der Waals surface area contributed by atoms with Gasteiger partial charge < -0.3 is 15.5 Å². The Morgan fingerprint density at radius 2 is 1.93 bits per heavy atom. The van der Waals surface area contributed by atoms with Crippen molar-refractivity contribution in [2.75, 3.05) is 31.6 Å². The van der Waals surface area contributed by atoms with E-state index in [9.17, 15) is 9.18 Å². The van der Waals surface area contributed by atoms with Gasteiger partial charge in [-0.05, 0) is 48.6 Å². The van der Waals surface area contributed by atoms with E-state index in [0.717, 1.165) is 37.1 Å². The summed E-state index contributed by atoms with van der Waals surface area (Å²) in [4.78, 5) is 18.7. The summed E-state index contributed by atoms with van der Waals surface area (Å²) in [6, 6.07) is 14.5. The van der Waals surface area contributed by atoms with Crippen molar-refractivity contribution in [1.29, 1.82) is 0 Å². The number of guanidine groups is 1. The molecule has 0 saturated carbocycles. The smallest absolute Gasteiger partial charge is 0.246 e. The normalized spacial score (nSPS) is 13.9. The molecule has 0 fully saturated rings. The number of anilines is 1. The molecule has 1 aliphatic heterocycles. The van der Waals surface area contributed by atoms with Gasteiger partial charge >= 0.3 is 0 Å². The van der Waals surface area contributed by atoms with Crippen LogP contribution in [0.15, 0.2) is 53.5 Å². The lowest BCUT2D eigenvalue weighted by molar-refractivity contribution is -0.117. The molecule has 1 heterocycles. The molecule has 142 valence electrons. The number of fused-ring (bicyclic) bond motifs is 1. The highest BCUT2D eigenvalue weighted by molar-refractivity contribution is 5.98. The first-order chi connectivity index (χ1) is 13.2. The molecule has 2 aromatic rings. The number of carbonyl (C=O) groups excluding carboxylic acids is 1. The van der Waals surface area contributed by atoms with Gasteiger partial charge in [-0.2, -0.15) is 0 Å². The van der Waals surface area contributed by atoms with Crippen LogP contribution in [0.4, 0.5) is 10.1 Å². The Morgan fingerprint density at radius 1 is 1.15 bits per heavy atom. The molecule has 5 nitrogen and oxygen atoms in total. The number of rotatable bonds is 5. The lowest BCUT2D eigenvalue weighted by Gasteiger charge is -2.29. The second-order valence-corrected chi connectivity index (χ2v) is 6.51. The third-order valence-electron chi connectivity index (χ3n) is 4.66. The Hall–Kier alpha value is -2.89. The molecule has 27 heavy (non-hydrogen) atoms. The van der Waals surface area contributed by atoms with Crippen LogP contribution in [0, 0.1) is 5.82 Å². The number of aliphatic imine (C=N–C) groups is 1. The number of para-hydroxylation sites is 1. The van der Waals surface area contributed by atoms with Crippen molar-refractivity contribution >= 4 is 17.6 Å². The molecule has 6 heteroatoms. The van der Waals surface area contributed by atoms with Crippen molar-refractivity contribution in [2.45, 2.75) is 19.3 Å². The van der Waals surface area contributed by atoms with Gasteiger partial charge in [-0.1, -0.05) is 30.3 Å². The van der Waals surface area contributed by atoms with Gasteiger partial charge in [0.25, 0.3) is 0 Å². The monoisotopic (exact) mass is 368 g/mol. The molecule has 1 amide bonds. The minimum Gasteiger partial charge on any atom is -0.356 e. The van der Waals surface area contributed by atoms with Crippen LogP contribution in [-0.4, -0.2) is 38.5 Å². The van der Waals surface area contributed by atoms with E-state index in [2.05, 4.69) is 21.7 Å². The van der Waals surface area contributed by atoms with Crippen molar-refractivity contribution in [2.24, 2.45) is 4.99 Å². The third-order valence-corrected chi connectivity index (χ3v) is 4.66. The molecule has 0 unspecified atom stereocenters. The van der Waals surface area contributed by atoms with Crippen LogP contribution in [-0.2, 0) is 17.6 Å². The van der Waals surface area contributed by atoms with Crippen molar-refractivity contribution in [3.63, 3.8) is 0 Å². The molecule has 2 N–H and O–H groups in total. The number of aryl methyl sites for hydroxylation is 1. The maximum atomic E-state index is 12.9. The summed E-state index contributed by atoms with van der Waals surface area (Å²) in [5.74, 6) is 0.376. The van der Waals surface area contributed by atoms with Crippen LogP contribution in [0.5, 0.6) is 0 Å². The van der Waals surface area contributed by atoms with Crippen molar-refractivity contribution in [1.82, 2.24) is 10.6 Å². The van der Waals surface area contributed by atoms with Gasteiger partial charge in [-0.3, -0.25) is 9.79 Å². The molecular formula is C21H25FN4O. The molecule has 2 aromatic carbocycles. The topological polar surface area (TPSA) is 56.7 Å². The number of hydrogen-bond acceptors (Lipinski definition) is 2. The molecule has 0 saturated heterocycles. The highest BCUT2D eigenvalue weighted by Gasteiger charge is 2.21. The van der Waals surface area contributed by atoms with Crippen LogP contribution in [0.2, 0.25) is 0 Å². The lowest BCUT2D eigenvalue weighted by Crippen LogP contribution is -2.46. The number of halogens is 1. The first-order valence-corrected chi connectivity index (χ1v) is 9.24. The van der Waals surface area contributed by atoms with Gasteiger partial charge in [-0.15, -0.1) is 0 Å². The summed E-state index contributed by atoms with van der Waals surface area (Å²) < 4.78 is 12.9. The molecule has 0 radical (unpaired) electrons. The average Bonchev–Trinajstić information content (AvgIpc) is 2.71. The predicted octanol–water partition coefficient (Wildman–Crippen LogP) is 2.51. The van der Waals surface area contributed by atoms with E-state index in [4.69, 9.17) is 0 Å². The van der Waals surface area contributed by atoms with Crippen LogP contribution in [0.1, 0.15) is 17.5 Å². The SMILES string of the molecule is CN=C(NCCc1ccc(F)cc1)NCC(=O)N1CCCc2ccccc21. The Balaban J connectivity index is 1.48. The second-order valence-electron chi connectivity index (χ2n) is 6.51. The average molecular weight is 368 g/mol. The number of benzene rings is 2. The zero-order chi connectivity index (χ0) is 19.1. The Morgan fingerprint density at radius 3 is 2.70 bits per heavy atom. The maximum absolute atomic E-state index is 12.9. The van der Waals surface area contributed by atoms with Gasteiger partial charge in [0.15, 0.2) is 5.96 Å². The fourth-order valence-electron chi connectivity index (χ4n) is 3.24. The summed E-state index contributed by atoms with van der Waals surface area (Å²) in [5.41, 5.74) is 3.27. The molecule has 3 rings (SSSR count). The number of amides is 1. The predicted molar refractivity (Wildman–Crippen MR) is 107 cm³/mol.